The van der Waals surface area contributed by atoms with Crippen molar-refractivity contribution in [2.45, 2.75) is 33.7 Å². The zero-order valence-electron chi connectivity index (χ0n) is 23.7. The van der Waals surface area contributed by atoms with Crippen LogP contribution in [-0.2, 0) is 27.3 Å². The fourth-order valence-corrected chi connectivity index (χ4v) is 4.62. The monoisotopic (exact) mass is 656 g/mol. The molecule has 6 aromatic carbocycles. The zero-order valence-corrected chi connectivity index (χ0v) is 28.7. The van der Waals surface area contributed by atoms with Crippen LogP contribution >= 0.6 is 17.0 Å². The normalized spacial score (nSPS) is 9.60. The summed E-state index contributed by atoms with van der Waals surface area (Å²) in [6.07, 6.45) is 1.10. The van der Waals surface area contributed by atoms with Gasteiger partial charge in [0.2, 0.25) is 0 Å². The first-order valence-electron chi connectivity index (χ1n) is 13.3. The van der Waals surface area contributed by atoms with Crippen LogP contribution in [0.3, 0.4) is 0 Å². The second-order valence-corrected chi connectivity index (χ2v) is 12.4. The van der Waals surface area contributed by atoms with Crippen molar-refractivity contribution in [3.8, 4) is 22.3 Å². The van der Waals surface area contributed by atoms with Crippen LogP contribution in [0.1, 0.15) is 25.0 Å². The molecule has 0 amide bonds. The maximum absolute atomic E-state index is 4.93. The van der Waals surface area contributed by atoms with E-state index in [0.29, 0.717) is 0 Å². The summed E-state index contributed by atoms with van der Waals surface area (Å²) in [6.45, 7) is 11.2. The van der Waals surface area contributed by atoms with E-state index in [9.17, 15) is 0 Å². The quantitative estimate of drug-likeness (QED) is 0.131. The topological polar surface area (TPSA) is 0 Å². The van der Waals surface area contributed by atoms with Gasteiger partial charge in [0.15, 0.2) is 0 Å². The Labute approximate surface area is 263 Å². The fraction of sp³-hybridized carbons (Fsp3) is 0.139. The molecule has 0 saturated carbocycles. The summed E-state index contributed by atoms with van der Waals surface area (Å²) in [5, 5.41) is 5.41. The van der Waals surface area contributed by atoms with Crippen molar-refractivity contribution < 1.29 is 20.8 Å². The number of hydrogen-bond acceptors (Lipinski definition) is 0. The van der Waals surface area contributed by atoms with Gasteiger partial charge in [0, 0.05) is 10.2 Å². The molecule has 0 N–H and O–H groups in total. The summed E-state index contributed by atoms with van der Waals surface area (Å²) in [6, 6.07) is 43.3. The van der Waals surface area contributed by atoms with Crippen LogP contribution in [0.5, 0.6) is 0 Å². The first-order chi connectivity index (χ1) is 19.6. The summed E-state index contributed by atoms with van der Waals surface area (Å²) in [4.78, 5) is 0. The van der Waals surface area contributed by atoms with E-state index in [1.807, 2.05) is 0 Å². The Morgan fingerprint density at radius 1 is 0.650 bits per heavy atom. The number of halogens is 2. The average Bonchev–Trinajstić information content (AvgIpc) is 3.63. The summed E-state index contributed by atoms with van der Waals surface area (Å²) >= 11 is -0.826. The minimum absolute atomic E-state index is 0.826. The van der Waals surface area contributed by atoms with Gasteiger partial charge in [-0.3, -0.25) is 0 Å². The van der Waals surface area contributed by atoms with Gasteiger partial charge in [-0.1, -0.05) is 104 Å². The van der Waals surface area contributed by atoms with Gasteiger partial charge in [-0.05, 0) is 17.5 Å². The van der Waals surface area contributed by atoms with Crippen molar-refractivity contribution in [1.29, 1.82) is 0 Å². The van der Waals surface area contributed by atoms with Crippen molar-refractivity contribution in [1.82, 2.24) is 0 Å². The molecule has 0 aliphatic carbocycles. The second-order valence-electron chi connectivity index (χ2n) is 8.67. The van der Waals surface area contributed by atoms with E-state index in [1.54, 1.807) is 13.5 Å². The van der Waals surface area contributed by atoms with E-state index >= 15 is 0 Å². The van der Waals surface area contributed by atoms with Crippen molar-refractivity contribution in [3.05, 3.63) is 139 Å². The van der Waals surface area contributed by atoms with Gasteiger partial charge in [-0.25, -0.2) is 0 Å². The van der Waals surface area contributed by atoms with E-state index in [2.05, 4.69) is 152 Å². The Morgan fingerprint density at radius 2 is 1.07 bits per heavy atom. The average molecular weight is 659 g/mol. The first-order valence-corrected chi connectivity index (χ1v) is 20.6. The molecule has 40 heavy (non-hydrogen) atoms. The molecule has 0 heterocycles. The number of benzene rings is 4. The van der Waals surface area contributed by atoms with E-state index in [-0.39, 0.29) is 0 Å². The molecule has 0 aliphatic heterocycles. The number of fused-ring (bicyclic) bond motifs is 2. The predicted molar refractivity (Wildman–Crippen MR) is 178 cm³/mol. The molecular weight excluding hydrogens is 623 g/mol. The van der Waals surface area contributed by atoms with Gasteiger partial charge in [-0.15, -0.1) is 69.1 Å². The molecule has 0 saturated heterocycles. The maximum atomic E-state index is 4.93. The molecule has 0 nitrogen and oxygen atoms in total. The number of hydrogen-bond donors (Lipinski definition) is 0. The molecule has 0 aromatic heterocycles. The minimum atomic E-state index is -0.826. The Morgan fingerprint density at radius 3 is 1.52 bits per heavy atom. The van der Waals surface area contributed by atoms with Gasteiger partial charge in [0.05, 0.1) is 0 Å². The molecule has 0 unspecified atom stereocenters. The number of rotatable bonds is 3. The molecule has 0 fully saturated rings. The first kappa shape index (κ1) is 34.0. The third-order valence-electron chi connectivity index (χ3n) is 6.28. The summed E-state index contributed by atoms with van der Waals surface area (Å²) in [5.41, 5.74) is 8.00. The van der Waals surface area contributed by atoms with Crippen molar-refractivity contribution in [2.75, 3.05) is 0 Å². The Bertz CT molecular complexity index is 1520. The molecule has 0 bridgehead atoms. The van der Waals surface area contributed by atoms with E-state index < -0.39 is 20.8 Å². The molecule has 0 aliphatic rings. The van der Waals surface area contributed by atoms with Gasteiger partial charge in [0.25, 0.3) is 0 Å². The third-order valence-corrected chi connectivity index (χ3v) is 6.28. The molecule has 6 aromatic rings. The molecule has 3 radical (unpaired) electrons. The Kier molecular flexibility index (Phi) is 16.1. The summed E-state index contributed by atoms with van der Waals surface area (Å²) in [7, 11) is 12.8. The van der Waals surface area contributed by atoms with Crippen LogP contribution in [0.15, 0.2) is 121 Å². The summed E-state index contributed by atoms with van der Waals surface area (Å²) in [5.74, 6) is 0. The van der Waals surface area contributed by atoms with Crippen LogP contribution in [0.25, 0.3) is 43.8 Å². The van der Waals surface area contributed by atoms with Crippen LogP contribution in [0.4, 0.5) is 0 Å². The van der Waals surface area contributed by atoms with E-state index in [4.69, 9.17) is 17.0 Å². The molecule has 0 spiro atoms. The Hall–Kier alpha value is -2.22. The molecule has 205 valence electrons. The Balaban J connectivity index is 0.000000230. The predicted octanol–water partition coefficient (Wildman–Crippen LogP) is 11.7. The van der Waals surface area contributed by atoms with E-state index in [1.165, 1.54) is 54.9 Å². The number of aryl methyl sites for hydroxylation is 2. The molecule has 0 atom stereocenters. The van der Waals surface area contributed by atoms with Crippen LogP contribution in [-0.4, -0.2) is 10.2 Å². The van der Waals surface area contributed by atoms with Crippen LogP contribution in [0.2, 0.25) is 6.55 Å². The summed E-state index contributed by atoms with van der Waals surface area (Å²) < 4.78 is 0. The molecule has 4 heteroatoms. The molecule has 6 rings (SSSR count). The van der Waals surface area contributed by atoms with Gasteiger partial charge in [0.1, 0.15) is 0 Å². The third kappa shape index (κ3) is 9.42. The van der Waals surface area contributed by atoms with Gasteiger partial charge >= 0.3 is 37.9 Å². The standard InChI is InChI=1S/C17H15.C16H13.C2H5.CH3Si.2ClH.Zr/c1-2-13-11-15-9-6-10-16(17(15)12-13)14-7-4-3-5-8-14;1-12-10-14-8-5-9-15(16(14)11-12)13-6-3-2-4-7-13;2*1-2;;;/h3-12H,2H2,1H3;2-11H,1H3;1H2,2H3;1H3;2*1H;/q3*-1;;;;+2/p-2. The van der Waals surface area contributed by atoms with Crippen molar-refractivity contribution in [2.24, 2.45) is 0 Å². The van der Waals surface area contributed by atoms with Gasteiger partial charge in [-0.2, -0.15) is 19.1 Å². The second kappa shape index (κ2) is 19.0. The fourth-order valence-electron chi connectivity index (χ4n) is 4.62. The van der Waals surface area contributed by atoms with Crippen molar-refractivity contribution in [3.63, 3.8) is 0 Å². The van der Waals surface area contributed by atoms with Crippen molar-refractivity contribution >= 4 is 48.8 Å². The van der Waals surface area contributed by atoms with Crippen LogP contribution < -0.4 is 0 Å². The zero-order chi connectivity index (χ0) is 29.3. The van der Waals surface area contributed by atoms with Gasteiger partial charge < -0.3 is 6.92 Å². The van der Waals surface area contributed by atoms with Crippen LogP contribution in [0, 0.1) is 13.8 Å². The molecular formula is C36H36Cl2SiZr-3. The SMILES string of the molecule is CCc1cc2c(-c3ccccc3)cccc2[cH-]1.C[Si].Cc1cc2c(-c3ccccc3)cccc2[cH-]1.[CH2-]C.[Cl][Zr][Cl]. The van der Waals surface area contributed by atoms with E-state index in [0.717, 1.165) is 6.42 Å².